The van der Waals surface area contributed by atoms with Gasteiger partial charge < -0.3 is 10.2 Å². The van der Waals surface area contributed by atoms with Crippen molar-refractivity contribution in [3.05, 3.63) is 106 Å². The van der Waals surface area contributed by atoms with Gasteiger partial charge in [0, 0.05) is 49.9 Å². The molecule has 7 nitrogen and oxygen atoms in total. The Morgan fingerprint density at radius 2 is 1.82 bits per heavy atom. The zero-order chi connectivity index (χ0) is 22.8. The van der Waals surface area contributed by atoms with Crippen LogP contribution in [0.5, 0.6) is 0 Å². The number of likely N-dealkylation sites (tertiary alicyclic amines) is 1. The lowest BCUT2D eigenvalue weighted by molar-refractivity contribution is 0.0561. The Morgan fingerprint density at radius 1 is 1.06 bits per heavy atom. The number of aromatic amines is 1. The molecule has 1 saturated heterocycles. The normalized spacial score (nSPS) is 13.8. The molecular weight excluding hydrogens is 421 g/mol. The maximum absolute atomic E-state index is 14.5. The number of hydrogen-bond donors (Lipinski definition) is 2. The van der Waals surface area contributed by atoms with Crippen molar-refractivity contribution in [2.75, 3.05) is 13.1 Å². The zero-order valence-electron chi connectivity index (χ0n) is 17.8. The minimum atomic E-state index is -0.545. The second kappa shape index (κ2) is 8.91. The standard InChI is InChI=1S/C25H22FN5O2/c26-22-6-5-17(12-23-19-3-1-2-4-20(19)24(32)30-29-23)11-21(22)25(33)31-14-18(15-31)28-13-16-7-9-27-10-8-16/h1-11,18,28H,12-15H2,(H,30,32). The lowest BCUT2D eigenvalue weighted by atomic mass is 10.0. The van der Waals surface area contributed by atoms with Crippen molar-refractivity contribution in [2.45, 2.75) is 19.0 Å². The number of hydrogen-bond acceptors (Lipinski definition) is 5. The summed E-state index contributed by atoms with van der Waals surface area (Å²) < 4.78 is 14.5. The highest BCUT2D eigenvalue weighted by Crippen LogP contribution is 2.21. The van der Waals surface area contributed by atoms with Crippen molar-refractivity contribution in [3.63, 3.8) is 0 Å². The molecule has 0 unspecified atom stereocenters. The molecule has 2 aromatic carbocycles. The highest BCUT2D eigenvalue weighted by Gasteiger charge is 2.32. The molecule has 4 aromatic rings. The van der Waals surface area contributed by atoms with Gasteiger partial charge >= 0.3 is 0 Å². The molecule has 0 aliphatic carbocycles. The van der Waals surface area contributed by atoms with Crippen LogP contribution in [0, 0.1) is 5.82 Å². The summed E-state index contributed by atoms with van der Waals surface area (Å²) in [6.45, 7) is 1.75. The number of aromatic nitrogens is 3. The largest absolute Gasteiger partial charge is 0.335 e. The number of rotatable bonds is 6. The van der Waals surface area contributed by atoms with E-state index in [-0.39, 0.29) is 23.1 Å². The SMILES string of the molecule is O=C(c1cc(Cc2n[nH]c(=O)c3ccccc23)ccc1F)N1CC(NCc2ccncc2)C1. The Balaban J connectivity index is 1.27. The van der Waals surface area contributed by atoms with E-state index in [1.807, 2.05) is 24.3 Å². The van der Waals surface area contributed by atoms with Gasteiger partial charge in [0.05, 0.1) is 16.6 Å². The molecule has 0 spiro atoms. The third kappa shape index (κ3) is 4.38. The first-order chi connectivity index (χ1) is 16.1. The van der Waals surface area contributed by atoms with Gasteiger partial charge in [0.15, 0.2) is 0 Å². The van der Waals surface area contributed by atoms with E-state index < -0.39 is 5.82 Å². The summed E-state index contributed by atoms with van der Waals surface area (Å²) in [7, 11) is 0. The number of benzene rings is 2. The Bertz CT molecular complexity index is 1370. The minimum absolute atomic E-state index is 0.0498. The van der Waals surface area contributed by atoms with Crippen LogP contribution in [0.1, 0.15) is 27.2 Å². The van der Waals surface area contributed by atoms with Crippen molar-refractivity contribution in [3.8, 4) is 0 Å². The number of pyridine rings is 1. The van der Waals surface area contributed by atoms with E-state index in [1.54, 1.807) is 41.6 Å². The van der Waals surface area contributed by atoms with E-state index in [2.05, 4.69) is 20.5 Å². The summed E-state index contributed by atoms with van der Waals surface area (Å²) in [6.07, 6.45) is 3.86. The molecule has 1 aliphatic heterocycles. The van der Waals surface area contributed by atoms with Crippen LogP contribution in [0.3, 0.4) is 0 Å². The highest BCUT2D eigenvalue weighted by molar-refractivity contribution is 5.95. The summed E-state index contributed by atoms with van der Waals surface area (Å²) >= 11 is 0. The zero-order valence-corrected chi connectivity index (χ0v) is 17.8. The topological polar surface area (TPSA) is 91.0 Å². The highest BCUT2D eigenvalue weighted by atomic mass is 19.1. The number of carbonyl (C=O) groups is 1. The summed E-state index contributed by atoms with van der Waals surface area (Å²) in [4.78, 5) is 30.6. The molecular formula is C25H22FN5O2. The molecule has 3 heterocycles. The van der Waals surface area contributed by atoms with E-state index in [1.165, 1.54) is 6.07 Å². The smallest absolute Gasteiger partial charge is 0.272 e. The van der Waals surface area contributed by atoms with E-state index >= 15 is 0 Å². The number of nitrogens with one attached hydrogen (secondary N) is 2. The van der Waals surface area contributed by atoms with Gasteiger partial charge in [0.1, 0.15) is 5.82 Å². The molecule has 33 heavy (non-hydrogen) atoms. The molecule has 0 bridgehead atoms. The quantitative estimate of drug-likeness (QED) is 0.478. The Kier molecular flexibility index (Phi) is 5.66. The summed E-state index contributed by atoms with van der Waals surface area (Å²) in [5.41, 5.74) is 2.33. The van der Waals surface area contributed by atoms with Gasteiger partial charge in [0.2, 0.25) is 0 Å². The third-order valence-corrected chi connectivity index (χ3v) is 5.92. The first kappa shape index (κ1) is 21.0. The fourth-order valence-electron chi connectivity index (χ4n) is 4.05. The Hall–Kier alpha value is -3.91. The van der Waals surface area contributed by atoms with Gasteiger partial charge in [-0.15, -0.1) is 0 Å². The average molecular weight is 443 g/mol. The molecule has 1 amide bonds. The lowest BCUT2D eigenvalue weighted by Crippen LogP contribution is -2.59. The van der Waals surface area contributed by atoms with E-state index in [0.29, 0.717) is 37.1 Å². The molecule has 0 saturated carbocycles. The van der Waals surface area contributed by atoms with Crippen LogP contribution in [0.4, 0.5) is 4.39 Å². The lowest BCUT2D eigenvalue weighted by Gasteiger charge is -2.40. The number of halogens is 1. The molecule has 8 heteroatoms. The van der Waals surface area contributed by atoms with Crippen molar-refractivity contribution in [2.24, 2.45) is 0 Å². The van der Waals surface area contributed by atoms with E-state index in [0.717, 1.165) is 16.5 Å². The molecule has 2 N–H and O–H groups in total. The van der Waals surface area contributed by atoms with Gasteiger partial charge in [-0.25, -0.2) is 9.49 Å². The van der Waals surface area contributed by atoms with Crippen molar-refractivity contribution in [1.82, 2.24) is 25.4 Å². The van der Waals surface area contributed by atoms with Gasteiger partial charge in [-0.2, -0.15) is 5.10 Å². The number of carbonyl (C=O) groups excluding carboxylic acids is 1. The third-order valence-electron chi connectivity index (χ3n) is 5.92. The first-order valence-corrected chi connectivity index (χ1v) is 10.7. The average Bonchev–Trinajstić information content (AvgIpc) is 2.82. The first-order valence-electron chi connectivity index (χ1n) is 10.7. The summed E-state index contributed by atoms with van der Waals surface area (Å²) in [5, 5.41) is 11.4. The molecule has 1 fully saturated rings. The summed E-state index contributed by atoms with van der Waals surface area (Å²) in [5.74, 6) is -0.869. The molecule has 0 radical (unpaired) electrons. The van der Waals surface area contributed by atoms with E-state index in [9.17, 15) is 14.0 Å². The maximum atomic E-state index is 14.5. The van der Waals surface area contributed by atoms with Crippen LogP contribution < -0.4 is 10.9 Å². The molecule has 2 aromatic heterocycles. The van der Waals surface area contributed by atoms with Crippen molar-refractivity contribution < 1.29 is 9.18 Å². The number of fused-ring (bicyclic) bond motifs is 1. The van der Waals surface area contributed by atoms with Crippen LogP contribution >= 0.6 is 0 Å². The predicted octanol–water partition coefficient (Wildman–Crippen LogP) is 2.66. The van der Waals surface area contributed by atoms with Gasteiger partial charge in [-0.1, -0.05) is 24.3 Å². The van der Waals surface area contributed by atoms with Crippen LogP contribution in [0.25, 0.3) is 10.8 Å². The van der Waals surface area contributed by atoms with Crippen LogP contribution in [-0.2, 0) is 13.0 Å². The van der Waals surface area contributed by atoms with E-state index in [4.69, 9.17) is 0 Å². The van der Waals surface area contributed by atoms with Gasteiger partial charge in [0.25, 0.3) is 11.5 Å². The number of nitrogens with zero attached hydrogens (tertiary/aromatic N) is 3. The van der Waals surface area contributed by atoms with Gasteiger partial charge in [-0.05, 0) is 41.5 Å². The summed E-state index contributed by atoms with van der Waals surface area (Å²) in [6, 6.07) is 15.8. The van der Waals surface area contributed by atoms with Crippen LogP contribution in [-0.4, -0.2) is 45.1 Å². The molecule has 5 rings (SSSR count). The monoisotopic (exact) mass is 443 g/mol. The fourth-order valence-corrected chi connectivity index (χ4v) is 4.05. The maximum Gasteiger partial charge on any atom is 0.272 e. The predicted molar refractivity (Wildman–Crippen MR) is 122 cm³/mol. The van der Waals surface area contributed by atoms with Crippen molar-refractivity contribution >= 4 is 16.7 Å². The minimum Gasteiger partial charge on any atom is -0.335 e. The van der Waals surface area contributed by atoms with Gasteiger partial charge in [-0.3, -0.25) is 14.6 Å². The fraction of sp³-hybridized carbons (Fsp3) is 0.200. The van der Waals surface area contributed by atoms with Crippen molar-refractivity contribution in [1.29, 1.82) is 0 Å². The Morgan fingerprint density at radius 3 is 2.61 bits per heavy atom. The molecule has 0 atom stereocenters. The van der Waals surface area contributed by atoms with Crippen LogP contribution in [0.15, 0.2) is 71.8 Å². The number of amides is 1. The second-order valence-electron chi connectivity index (χ2n) is 8.18. The second-order valence-corrected chi connectivity index (χ2v) is 8.18. The Labute approximate surface area is 189 Å². The number of H-pyrrole nitrogens is 1. The molecule has 166 valence electrons. The molecule has 1 aliphatic rings. The van der Waals surface area contributed by atoms with Crippen LogP contribution in [0.2, 0.25) is 0 Å².